The van der Waals surface area contributed by atoms with Crippen molar-refractivity contribution in [2.75, 3.05) is 11.7 Å². The minimum absolute atomic E-state index is 0.0419. The smallest absolute Gasteiger partial charge is 0.241 e. The van der Waals surface area contributed by atoms with Crippen molar-refractivity contribution >= 4 is 29.1 Å². The number of rotatable bonds is 2. The summed E-state index contributed by atoms with van der Waals surface area (Å²) in [5.74, 6) is -3.76. The number of Topliss-reactive ketones (excluding diaryl/α,β-unsaturated/α-hetero) is 2. The fraction of sp³-hybridized carbons (Fsp3) is 0.185. The Hall–Kier alpha value is -4.30. The van der Waals surface area contributed by atoms with Crippen molar-refractivity contribution in [1.82, 2.24) is 0 Å². The maximum atomic E-state index is 13.9. The Morgan fingerprint density at radius 2 is 1.40 bits per heavy atom. The summed E-state index contributed by atoms with van der Waals surface area (Å²) in [6.07, 6.45) is -0.945. The van der Waals surface area contributed by atoms with Crippen LogP contribution in [0.1, 0.15) is 32.4 Å². The predicted octanol–water partition coefficient (Wildman–Crippen LogP) is 3.11. The van der Waals surface area contributed by atoms with E-state index in [9.17, 15) is 19.2 Å². The van der Waals surface area contributed by atoms with Crippen LogP contribution in [-0.4, -0.2) is 35.8 Å². The highest BCUT2D eigenvalue weighted by Gasteiger charge is 2.74. The van der Waals surface area contributed by atoms with Crippen LogP contribution in [0.15, 0.2) is 72.8 Å². The van der Waals surface area contributed by atoms with Crippen molar-refractivity contribution in [3.8, 4) is 11.5 Å². The van der Waals surface area contributed by atoms with Crippen LogP contribution in [0.25, 0.3) is 0 Å². The normalized spacial score (nSPS) is 25.5. The molecule has 3 aromatic rings. The molecule has 0 aromatic heterocycles. The van der Waals surface area contributed by atoms with Crippen molar-refractivity contribution in [3.63, 3.8) is 0 Å². The number of benzene rings is 3. The summed E-state index contributed by atoms with van der Waals surface area (Å²) in [6.45, 7) is 0.0419. The molecular formula is C27H17NO7. The molecule has 0 radical (unpaired) electrons. The van der Waals surface area contributed by atoms with Gasteiger partial charge in [-0.2, -0.15) is 0 Å². The highest BCUT2D eigenvalue weighted by molar-refractivity contribution is 6.37. The van der Waals surface area contributed by atoms with E-state index in [1.54, 1.807) is 66.7 Å². The SMILES string of the molecule is O=C1[C@@H]2[C@@H](c3ccccc3)OC3(C(=O)c4ccccc4C3=O)[C@@H]2C(=O)N1c1ccc2c(c1)OCO2. The van der Waals surface area contributed by atoms with E-state index >= 15 is 0 Å². The van der Waals surface area contributed by atoms with Gasteiger partial charge in [-0.3, -0.25) is 19.2 Å². The maximum Gasteiger partial charge on any atom is 0.241 e. The molecule has 0 saturated carbocycles. The van der Waals surface area contributed by atoms with Crippen molar-refractivity contribution in [2.45, 2.75) is 11.7 Å². The number of ether oxygens (including phenoxy) is 3. The highest BCUT2D eigenvalue weighted by Crippen LogP contribution is 2.58. The molecule has 0 unspecified atom stereocenters. The number of hydrogen-bond acceptors (Lipinski definition) is 7. The van der Waals surface area contributed by atoms with Crippen LogP contribution in [0.4, 0.5) is 5.69 Å². The number of carbonyl (C=O) groups excluding carboxylic acids is 4. The molecule has 0 bridgehead atoms. The quantitative estimate of drug-likeness (QED) is 0.422. The van der Waals surface area contributed by atoms with Crippen LogP contribution in [0.2, 0.25) is 0 Å². The van der Waals surface area contributed by atoms with Crippen molar-refractivity contribution in [2.24, 2.45) is 11.8 Å². The Balaban J connectivity index is 1.40. The van der Waals surface area contributed by atoms with Crippen LogP contribution in [-0.2, 0) is 14.3 Å². The summed E-state index contributed by atoms with van der Waals surface area (Å²) in [6, 6.07) is 20.1. The van der Waals surface area contributed by atoms with Gasteiger partial charge in [0.25, 0.3) is 0 Å². The Labute approximate surface area is 199 Å². The molecule has 7 rings (SSSR count). The topological polar surface area (TPSA) is 99.2 Å². The first kappa shape index (κ1) is 20.1. The summed E-state index contributed by atoms with van der Waals surface area (Å²) >= 11 is 0. The predicted molar refractivity (Wildman–Crippen MR) is 120 cm³/mol. The van der Waals surface area contributed by atoms with Crippen LogP contribution < -0.4 is 14.4 Å². The molecule has 0 N–H and O–H groups in total. The van der Waals surface area contributed by atoms with Gasteiger partial charge in [-0.1, -0.05) is 54.6 Å². The summed E-state index contributed by atoms with van der Waals surface area (Å²) < 4.78 is 17.0. The Morgan fingerprint density at radius 1 is 0.743 bits per heavy atom. The van der Waals surface area contributed by atoms with Crippen LogP contribution >= 0.6 is 0 Å². The number of imide groups is 1. The highest BCUT2D eigenvalue weighted by atomic mass is 16.7. The Bertz CT molecular complexity index is 1430. The van der Waals surface area contributed by atoms with Crippen LogP contribution in [0.5, 0.6) is 11.5 Å². The molecule has 1 spiro atoms. The van der Waals surface area contributed by atoms with Gasteiger partial charge in [0.1, 0.15) is 0 Å². The van der Waals surface area contributed by atoms with E-state index in [0.29, 0.717) is 17.1 Å². The molecular weight excluding hydrogens is 450 g/mol. The molecule has 3 aromatic carbocycles. The zero-order valence-electron chi connectivity index (χ0n) is 18.2. The van der Waals surface area contributed by atoms with E-state index in [-0.39, 0.29) is 23.6 Å². The molecule has 2 amide bonds. The third-order valence-electron chi connectivity index (χ3n) is 7.26. The summed E-state index contributed by atoms with van der Waals surface area (Å²) in [5.41, 5.74) is -0.786. The van der Waals surface area contributed by atoms with Gasteiger partial charge >= 0.3 is 0 Å². The zero-order chi connectivity index (χ0) is 23.9. The van der Waals surface area contributed by atoms with E-state index in [0.717, 1.165) is 4.90 Å². The van der Waals surface area contributed by atoms with E-state index in [4.69, 9.17) is 14.2 Å². The monoisotopic (exact) mass is 467 g/mol. The van der Waals surface area contributed by atoms with Gasteiger partial charge in [0.15, 0.2) is 11.5 Å². The van der Waals surface area contributed by atoms with Gasteiger partial charge in [-0.25, -0.2) is 4.90 Å². The molecule has 8 heteroatoms. The second-order valence-corrected chi connectivity index (χ2v) is 8.94. The third-order valence-corrected chi connectivity index (χ3v) is 7.26. The second kappa shape index (κ2) is 6.86. The van der Waals surface area contributed by atoms with Gasteiger partial charge in [0.05, 0.1) is 23.6 Å². The summed E-state index contributed by atoms with van der Waals surface area (Å²) in [5, 5.41) is 0. The minimum Gasteiger partial charge on any atom is -0.454 e. The first-order valence-corrected chi connectivity index (χ1v) is 11.2. The summed E-state index contributed by atoms with van der Waals surface area (Å²) in [7, 11) is 0. The van der Waals surface area contributed by atoms with Crippen molar-refractivity contribution in [1.29, 1.82) is 0 Å². The number of fused-ring (bicyclic) bond motifs is 4. The lowest BCUT2D eigenvalue weighted by atomic mass is 9.77. The van der Waals surface area contributed by atoms with E-state index in [1.165, 1.54) is 0 Å². The van der Waals surface area contributed by atoms with Crippen LogP contribution in [0.3, 0.4) is 0 Å². The fourth-order valence-electron chi connectivity index (χ4n) is 5.74. The number of ketones is 2. The molecule has 3 atom stereocenters. The van der Waals surface area contributed by atoms with Gasteiger partial charge in [-0.05, 0) is 17.7 Å². The second-order valence-electron chi connectivity index (χ2n) is 8.94. The van der Waals surface area contributed by atoms with Crippen molar-refractivity contribution in [3.05, 3.63) is 89.5 Å². The molecule has 8 nitrogen and oxygen atoms in total. The van der Waals surface area contributed by atoms with E-state index in [2.05, 4.69) is 0 Å². The average molecular weight is 467 g/mol. The van der Waals surface area contributed by atoms with Crippen molar-refractivity contribution < 1.29 is 33.4 Å². The van der Waals surface area contributed by atoms with Gasteiger partial charge in [0, 0.05) is 17.2 Å². The molecule has 172 valence electrons. The largest absolute Gasteiger partial charge is 0.454 e. The summed E-state index contributed by atoms with van der Waals surface area (Å²) in [4.78, 5) is 56.3. The number of nitrogens with zero attached hydrogens (tertiary/aromatic N) is 1. The lowest BCUT2D eigenvalue weighted by Gasteiger charge is -2.27. The Morgan fingerprint density at radius 3 is 2.11 bits per heavy atom. The van der Waals surface area contributed by atoms with Gasteiger partial charge < -0.3 is 14.2 Å². The third kappa shape index (κ3) is 2.44. The lowest BCUT2D eigenvalue weighted by molar-refractivity contribution is -0.127. The molecule has 2 saturated heterocycles. The number of carbonyl (C=O) groups is 4. The van der Waals surface area contributed by atoms with E-state index < -0.39 is 46.9 Å². The molecule has 3 aliphatic heterocycles. The Kier molecular flexibility index (Phi) is 3.94. The fourth-order valence-corrected chi connectivity index (χ4v) is 5.74. The zero-order valence-corrected chi connectivity index (χ0v) is 18.2. The van der Waals surface area contributed by atoms with Crippen LogP contribution in [0, 0.1) is 11.8 Å². The molecule has 35 heavy (non-hydrogen) atoms. The van der Waals surface area contributed by atoms with Gasteiger partial charge in [-0.15, -0.1) is 0 Å². The maximum absolute atomic E-state index is 13.9. The number of hydrogen-bond donors (Lipinski definition) is 0. The molecule has 3 heterocycles. The minimum atomic E-state index is -2.09. The molecule has 2 fully saturated rings. The molecule has 1 aliphatic carbocycles. The van der Waals surface area contributed by atoms with Gasteiger partial charge in [0.2, 0.25) is 35.8 Å². The standard InChI is InChI=1S/C27H17NO7/c29-23-16-8-4-5-9-17(16)24(30)27(23)21-20(22(35-27)14-6-2-1-3-7-14)25(31)28(26(21)32)15-10-11-18-19(12-15)34-13-33-18/h1-12,20-22H,13H2/t20-,21-,22+/m0/s1. The average Bonchev–Trinajstić information content (AvgIpc) is 3.61. The lowest BCUT2D eigenvalue weighted by Crippen LogP contribution is -2.51. The first-order chi connectivity index (χ1) is 17.0. The number of amides is 2. The van der Waals surface area contributed by atoms with E-state index in [1.807, 2.05) is 6.07 Å². The number of anilines is 1. The first-order valence-electron chi connectivity index (χ1n) is 11.2. The molecule has 4 aliphatic rings.